The Hall–Kier alpha value is -0.400. The van der Waals surface area contributed by atoms with Crippen molar-refractivity contribution in [3.05, 3.63) is 0 Å². The predicted molar refractivity (Wildman–Crippen MR) is 55.1 cm³/mol. The van der Waals surface area contributed by atoms with Crippen LogP contribution in [0.5, 0.6) is 0 Å². The fourth-order valence-corrected chi connectivity index (χ4v) is 2.26. The van der Waals surface area contributed by atoms with E-state index < -0.39 is 12.0 Å². The molecule has 0 N–H and O–H groups in total. The zero-order valence-corrected chi connectivity index (χ0v) is 9.47. The standard InChI is InChI=1S/C10H15ClF2N2/c1-2-3-8(11)6-15-7-10(12,13)4-9(15)5-14/h8-9H,2-4,6-7H2,1H3/t8?,9-/m0/s1. The molecule has 1 rings (SSSR count). The normalized spacial score (nSPS) is 27.5. The molecule has 0 saturated carbocycles. The van der Waals surface area contributed by atoms with Crippen molar-refractivity contribution in [1.29, 1.82) is 5.26 Å². The Balaban J connectivity index is 2.51. The van der Waals surface area contributed by atoms with Gasteiger partial charge in [-0.3, -0.25) is 4.90 Å². The number of nitrogens with zero attached hydrogens (tertiary/aromatic N) is 2. The molecule has 0 radical (unpaired) electrons. The lowest BCUT2D eigenvalue weighted by molar-refractivity contribution is 0.0121. The monoisotopic (exact) mass is 236 g/mol. The van der Waals surface area contributed by atoms with Gasteiger partial charge in [-0.15, -0.1) is 11.6 Å². The van der Waals surface area contributed by atoms with Crippen LogP contribution in [0.25, 0.3) is 0 Å². The number of rotatable bonds is 4. The molecule has 0 aromatic heterocycles. The predicted octanol–water partition coefficient (Wildman–Crippen LogP) is 2.63. The number of halogens is 3. The minimum absolute atomic E-state index is 0.139. The Morgan fingerprint density at radius 1 is 1.67 bits per heavy atom. The Bertz CT molecular complexity index is 252. The average Bonchev–Trinajstić information content (AvgIpc) is 2.40. The van der Waals surface area contributed by atoms with Gasteiger partial charge in [-0.25, -0.2) is 8.78 Å². The summed E-state index contributed by atoms with van der Waals surface area (Å²) in [4.78, 5) is 1.49. The molecule has 86 valence electrons. The van der Waals surface area contributed by atoms with Crippen LogP contribution >= 0.6 is 11.6 Å². The SMILES string of the molecule is CCCC(Cl)CN1CC(F)(F)C[C@H]1C#N. The maximum absolute atomic E-state index is 13.0. The molecule has 15 heavy (non-hydrogen) atoms. The lowest BCUT2D eigenvalue weighted by Crippen LogP contribution is -2.34. The molecule has 1 heterocycles. The van der Waals surface area contributed by atoms with Gasteiger partial charge in [-0.05, 0) is 6.42 Å². The van der Waals surface area contributed by atoms with Gasteiger partial charge in [0, 0.05) is 18.3 Å². The van der Waals surface area contributed by atoms with Crippen molar-refractivity contribution in [2.75, 3.05) is 13.1 Å². The molecule has 1 fully saturated rings. The third kappa shape index (κ3) is 3.58. The quantitative estimate of drug-likeness (QED) is 0.702. The summed E-state index contributed by atoms with van der Waals surface area (Å²) in [5.74, 6) is -2.73. The Labute approximate surface area is 93.8 Å². The molecule has 0 aromatic carbocycles. The first-order valence-corrected chi connectivity index (χ1v) is 5.57. The molecule has 0 aromatic rings. The summed E-state index contributed by atoms with van der Waals surface area (Å²) >= 11 is 5.98. The highest BCUT2D eigenvalue weighted by molar-refractivity contribution is 6.20. The summed E-state index contributed by atoms with van der Waals surface area (Å²) in [6.07, 6.45) is 1.36. The summed E-state index contributed by atoms with van der Waals surface area (Å²) in [5.41, 5.74) is 0. The minimum atomic E-state index is -2.73. The summed E-state index contributed by atoms with van der Waals surface area (Å²) in [5, 5.41) is 8.60. The van der Waals surface area contributed by atoms with Crippen LogP contribution in [-0.2, 0) is 0 Å². The number of likely N-dealkylation sites (tertiary alicyclic amines) is 1. The second-order valence-corrected chi connectivity index (χ2v) is 4.64. The Morgan fingerprint density at radius 3 is 2.87 bits per heavy atom. The lowest BCUT2D eigenvalue weighted by Gasteiger charge is -2.21. The van der Waals surface area contributed by atoms with Crippen LogP contribution in [0.1, 0.15) is 26.2 Å². The molecule has 0 spiro atoms. The van der Waals surface area contributed by atoms with E-state index in [1.807, 2.05) is 13.0 Å². The molecule has 5 heteroatoms. The van der Waals surface area contributed by atoms with E-state index in [4.69, 9.17) is 16.9 Å². The van der Waals surface area contributed by atoms with Gasteiger partial charge in [0.1, 0.15) is 6.04 Å². The van der Waals surface area contributed by atoms with Crippen LogP contribution in [0.15, 0.2) is 0 Å². The molecule has 0 amide bonds. The van der Waals surface area contributed by atoms with Gasteiger partial charge < -0.3 is 0 Å². The van der Waals surface area contributed by atoms with Gasteiger partial charge in [-0.1, -0.05) is 13.3 Å². The summed E-state index contributed by atoms with van der Waals surface area (Å²) < 4.78 is 26.1. The van der Waals surface area contributed by atoms with Crippen LogP contribution in [0.2, 0.25) is 0 Å². The maximum Gasteiger partial charge on any atom is 0.263 e. The molecule has 2 atom stereocenters. The highest BCUT2D eigenvalue weighted by Gasteiger charge is 2.45. The first-order valence-electron chi connectivity index (χ1n) is 5.14. The van der Waals surface area contributed by atoms with Gasteiger partial charge in [0.05, 0.1) is 12.6 Å². The first-order chi connectivity index (χ1) is 6.98. The Morgan fingerprint density at radius 2 is 2.33 bits per heavy atom. The van der Waals surface area contributed by atoms with Gasteiger partial charge >= 0.3 is 0 Å². The highest BCUT2D eigenvalue weighted by Crippen LogP contribution is 2.32. The van der Waals surface area contributed by atoms with E-state index in [1.165, 1.54) is 4.90 Å². The largest absolute Gasteiger partial charge is 0.280 e. The summed E-state index contributed by atoms with van der Waals surface area (Å²) in [6, 6.07) is 1.22. The van der Waals surface area contributed by atoms with Gasteiger partial charge in [-0.2, -0.15) is 5.26 Å². The van der Waals surface area contributed by atoms with E-state index in [-0.39, 0.29) is 18.3 Å². The van der Waals surface area contributed by atoms with E-state index in [1.54, 1.807) is 0 Å². The zero-order chi connectivity index (χ0) is 11.5. The molecule has 1 unspecified atom stereocenters. The fraction of sp³-hybridized carbons (Fsp3) is 0.900. The van der Waals surface area contributed by atoms with Crippen LogP contribution in [0, 0.1) is 11.3 Å². The minimum Gasteiger partial charge on any atom is -0.280 e. The van der Waals surface area contributed by atoms with Crippen LogP contribution in [0.4, 0.5) is 8.78 Å². The van der Waals surface area contributed by atoms with Gasteiger partial charge in [0.15, 0.2) is 0 Å². The number of alkyl halides is 3. The molecular weight excluding hydrogens is 222 g/mol. The van der Waals surface area contributed by atoms with Crippen molar-refractivity contribution >= 4 is 11.6 Å². The van der Waals surface area contributed by atoms with Crippen molar-refractivity contribution < 1.29 is 8.78 Å². The Kier molecular flexibility index (Phi) is 4.30. The van der Waals surface area contributed by atoms with Crippen LogP contribution in [-0.4, -0.2) is 35.3 Å². The smallest absolute Gasteiger partial charge is 0.263 e. The molecule has 1 aliphatic heterocycles. The third-order valence-electron chi connectivity index (χ3n) is 2.55. The topological polar surface area (TPSA) is 27.0 Å². The maximum atomic E-state index is 13.0. The second-order valence-electron chi connectivity index (χ2n) is 4.02. The van der Waals surface area contributed by atoms with E-state index >= 15 is 0 Å². The van der Waals surface area contributed by atoms with Crippen molar-refractivity contribution in [3.63, 3.8) is 0 Å². The van der Waals surface area contributed by atoms with E-state index in [0.29, 0.717) is 6.54 Å². The molecular formula is C10H15ClF2N2. The summed E-state index contributed by atoms with van der Waals surface area (Å²) in [7, 11) is 0. The van der Waals surface area contributed by atoms with E-state index in [2.05, 4.69) is 0 Å². The number of nitriles is 1. The molecule has 1 saturated heterocycles. The molecule has 2 nitrogen and oxygen atoms in total. The third-order valence-corrected chi connectivity index (χ3v) is 2.91. The first kappa shape index (κ1) is 12.7. The van der Waals surface area contributed by atoms with E-state index in [9.17, 15) is 8.78 Å². The van der Waals surface area contributed by atoms with Gasteiger partial charge in [0.25, 0.3) is 5.92 Å². The molecule has 0 aliphatic carbocycles. The summed E-state index contributed by atoms with van der Waals surface area (Å²) in [6.45, 7) is 2.04. The number of hydrogen-bond acceptors (Lipinski definition) is 2. The van der Waals surface area contributed by atoms with Crippen molar-refractivity contribution in [2.45, 2.75) is 43.5 Å². The average molecular weight is 237 g/mol. The second kappa shape index (κ2) is 5.09. The number of hydrogen-bond donors (Lipinski definition) is 0. The van der Waals surface area contributed by atoms with Crippen LogP contribution < -0.4 is 0 Å². The molecule has 0 bridgehead atoms. The fourth-order valence-electron chi connectivity index (χ4n) is 1.86. The van der Waals surface area contributed by atoms with Crippen LogP contribution in [0.3, 0.4) is 0 Å². The van der Waals surface area contributed by atoms with Crippen molar-refractivity contribution in [3.8, 4) is 6.07 Å². The van der Waals surface area contributed by atoms with E-state index in [0.717, 1.165) is 12.8 Å². The van der Waals surface area contributed by atoms with Crippen molar-refractivity contribution in [2.24, 2.45) is 0 Å². The highest BCUT2D eigenvalue weighted by atomic mass is 35.5. The lowest BCUT2D eigenvalue weighted by atomic mass is 10.2. The van der Waals surface area contributed by atoms with Gasteiger partial charge in [0.2, 0.25) is 0 Å². The zero-order valence-electron chi connectivity index (χ0n) is 8.72. The van der Waals surface area contributed by atoms with Crippen molar-refractivity contribution in [1.82, 2.24) is 4.90 Å². The molecule has 1 aliphatic rings.